The van der Waals surface area contributed by atoms with Gasteiger partial charge in [0.15, 0.2) is 0 Å². The molecular formula is C22H20N6S. The highest BCUT2D eigenvalue weighted by Gasteiger charge is 2.29. The minimum atomic E-state index is 0.410. The molecule has 0 bridgehead atoms. The normalized spacial score (nSPS) is 14.5. The molecule has 6 nitrogen and oxygen atoms in total. The zero-order valence-corrected chi connectivity index (χ0v) is 17.0. The number of nitrogens with zero attached hydrogens (tertiary/aromatic N) is 3. The van der Waals surface area contributed by atoms with E-state index in [1.54, 1.807) is 13.1 Å². The number of hydrogen-bond acceptors (Lipinski definition) is 7. The summed E-state index contributed by atoms with van der Waals surface area (Å²) in [6, 6.07) is 14.1. The van der Waals surface area contributed by atoms with Crippen molar-refractivity contribution in [3.05, 3.63) is 71.8 Å². The van der Waals surface area contributed by atoms with E-state index in [4.69, 9.17) is 10.8 Å². The molecule has 0 atom stereocenters. The van der Waals surface area contributed by atoms with E-state index in [2.05, 4.69) is 44.5 Å². The summed E-state index contributed by atoms with van der Waals surface area (Å²) < 4.78 is 0. The molecule has 0 fully saturated rings. The van der Waals surface area contributed by atoms with E-state index < -0.39 is 0 Å². The van der Waals surface area contributed by atoms with Crippen LogP contribution in [0.4, 0.5) is 5.82 Å². The highest BCUT2D eigenvalue weighted by Crippen LogP contribution is 2.44. The van der Waals surface area contributed by atoms with Gasteiger partial charge < -0.3 is 10.7 Å². The zero-order valence-electron chi connectivity index (χ0n) is 16.2. The van der Waals surface area contributed by atoms with Crippen molar-refractivity contribution in [3.8, 4) is 11.3 Å². The number of anilines is 1. The van der Waals surface area contributed by atoms with E-state index in [9.17, 15) is 0 Å². The number of benzene rings is 1. The Labute approximate surface area is 173 Å². The maximum atomic E-state index is 8.32. The molecule has 3 aromatic rings. The Morgan fingerprint density at radius 1 is 1.03 bits per heavy atom. The summed E-state index contributed by atoms with van der Waals surface area (Å²) in [7, 11) is 0. The molecule has 0 saturated heterocycles. The van der Waals surface area contributed by atoms with E-state index in [-0.39, 0.29) is 0 Å². The van der Waals surface area contributed by atoms with Crippen LogP contribution in [0.5, 0.6) is 0 Å². The van der Waals surface area contributed by atoms with Crippen LogP contribution in [0, 0.1) is 10.8 Å². The predicted molar refractivity (Wildman–Crippen MR) is 119 cm³/mol. The summed E-state index contributed by atoms with van der Waals surface area (Å²) in [6.45, 7) is 4.20. The molecule has 1 aliphatic rings. The lowest BCUT2D eigenvalue weighted by Crippen LogP contribution is -2.05. The molecule has 0 saturated carbocycles. The molecule has 0 amide bonds. The van der Waals surface area contributed by atoms with E-state index in [0.29, 0.717) is 23.1 Å². The summed E-state index contributed by atoms with van der Waals surface area (Å²) in [4.78, 5) is 14.0. The number of thioether (sulfide) groups is 1. The molecule has 0 radical (unpaired) electrons. The van der Waals surface area contributed by atoms with E-state index in [1.807, 2.05) is 25.1 Å². The second-order valence-electron chi connectivity index (χ2n) is 6.72. The molecule has 2 aromatic heterocycles. The Bertz CT molecular complexity index is 1120. The van der Waals surface area contributed by atoms with Crippen LogP contribution in [0.3, 0.4) is 0 Å². The fourth-order valence-electron chi connectivity index (χ4n) is 3.08. The number of aromatic nitrogens is 3. The molecule has 1 aliphatic heterocycles. The molecule has 0 unspecified atom stereocenters. The SMILES string of the molecule is CC(=N)/C(C)=C1\C(=N)Sc2c(NCc3ccc(-c4ccccn4)cc3)ncnc21. The van der Waals surface area contributed by atoms with Crippen LogP contribution in [0.1, 0.15) is 25.1 Å². The smallest absolute Gasteiger partial charge is 0.144 e. The first-order chi connectivity index (χ1) is 14.0. The van der Waals surface area contributed by atoms with Gasteiger partial charge in [-0.05, 0) is 37.1 Å². The first-order valence-corrected chi connectivity index (χ1v) is 9.99. The van der Waals surface area contributed by atoms with Gasteiger partial charge in [-0.3, -0.25) is 10.4 Å². The second-order valence-corrected chi connectivity index (χ2v) is 7.74. The van der Waals surface area contributed by atoms with Gasteiger partial charge in [-0.15, -0.1) is 0 Å². The van der Waals surface area contributed by atoms with Crippen molar-refractivity contribution in [1.82, 2.24) is 15.0 Å². The lowest BCUT2D eigenvalue weighted by atomic mass is 10.0. The maximum Gasteiger partial charge on any atom is 0.144 e. The lowest BCUT2D eigenvalue weighted by molar-refractivity contribution is 1.03. The minimum absolute atomic E-state index is 0.410. The van der Waals surface area contributed by atoms with E-state index in [1.165, 1.54) is 18.1 Å². The highest BCUT2D eigenvalue weighted by atomic mass is 32.2. The van der Waals surface area contributed by atoms with Crippen LogP contribution < -0.4 is 5.32 Å². The third kappa shape index (κ3) is 3.82. The molecule has 3 N–H and O–H groups in total. The molecular weight excluding hydrogens is 380 g/mol. The molecule has 144 valence electrons. The number of allylic oxidation sites excluding steroid dienone is 1. The van der Waals surface area contributed by atoms with Crippen LogP contribution in [0.25, 0.3) is 16.8 Å². The standard InChI is InChI=1S/C22H20N6S/c1-13(14(2)23)18-19-20(29-21(18)24)22(28-12-27-19)26-11-15-6-8-16(9-7-15)17-5-3-4-10-25-17/h3-10,12,23-24H,11H2,1-2H3,(H,26,27,28)/b18-13-,23-14?,24-21?. The fourth-order valence-corrected chi connectivity index (χ4v) is 4.11. The summed E-state index contributed by atoms with van der Waals surface area (Å²) >= 11 is 1.34. The number of pyridine rings is 1. The van der Waals surface area contributed by atoms with Gasteiger partial charge in [-0.2, -0.15) is 0 Å². The third-order valence-corrected chi connectivity index (χ3v) is 5.78. The van der Waals surface area contributed by atoms with Gasteiger partial charge in [-0.1, -0.05) is 42.1 Å². The molecule has 0 spiro atoms. The average molecular weight is 401 g/mol. The Morgan fingerprint density at radius 2 is 1.83 bits per heavy atom. The van der Waals surface area contributed by atoms with Crippen molar-refractivity contribution in [1.29, 1.82) is 10.8 Å². The Hall–Kier alpha value is -3.32. The Kier molecular flexibility index (Phi) is 5.22. The van der Waals surface area contributed by atoms with E-state index in [0.717, 1.165) is 38.6 Å². The third-order valence-electron chi connectivity index (χ3n) is 4.78. The Balaban J connectivity index is 1.54. The zero-order chi connectivity index (χ0) is 20.4. The fraction of sp³-hybridized carbons (Fsp3) is 0.136. The van der Waals surface area contributed by atoms with Gasteiger partial charge in [0.05, 0.1) is 16.3 Å². The average Bonchev–Trinajstić information content (AvgIpc) is 3.09. The van der Waals surface area contributed by atoms with Crippen molar-refractivity contribution >= 4 is 33.9 Å². The van der Waals surface area contributed by atoms with Gasteiger partial charge in [0.2, 0.25) is 0 Å². The van der Waals surface area contributed by atoms with Crippen LogP contribution in [-0.4, -0.2) is 25.7 Å². The Morgan fingerprint density at radius 3 is 2.52 bits per heavy atom. The van der Waals surface area contributed by atoms with Crippen molar-refractivity contribution in [2.75, 3.05) is 5.32 Å². The van der Waals surface area contributed by atoms with Crippen molar-refractivity contribution in [3.63, 3.8) is 0 Å². The molecule has 0 aliphatic carbocycles. The summed E-state index contributed by atoms with van der Waals surface area (Å²) in [6.07, 6.45) is 3.30. The summed E-state index contributed by atoms with van der Waals surface area (Å²) in [5.41, 5.74) is 5.82. The van der Waals surface area contributed by atoms with Gasteiger partial charge >= 0.3 is 0 Å². The molecule has 1 aromatic carbocycles. The van der Waals surface area contributed by atoms with Crippen molar-refractivity contribution in [2.24, 2.45) is 0 Å². The van der Waals surface area contributed by atoms with E-state index >= 15 is 0 Å². The van der Waals surface area contributed by atoms with Crippen LogP contribution in [0.15, 0.2) is 65.5 Å². The van der Waals surface area contributed by atoms with Crippen LogP contribution in [0.2, 0.25) is 0 Å². The molecule has 7 heteroatoms. The molecule has 29 heavy (non-hydrogen) atoms. The monoisotopic (exact) mass is 400 g/mol. The number of nitrogens with one attached hydrogen (secondary N) is 3. The summed E-state index contributed by atoms with van der Waals surface area (Å²) in [5.74, 6) is 0.712. The van der Waals surface area contributed by atoms with Gasteiger partial charge in [-0.25, -0.2) is 9.97 Å². The van der Waals surface area contributed by atoms with Crippen molar-refractivity contribution < 1.29 is 0 Å². The van der Waals surface area contributed by atoms with Crippen LogP contribution >= 0.6 is 11.8 Å². The largest absolute Gasteiger partial charge is 0.365 e. The topological polar surface area (TPSA) is 98.4 Å². The second kappa shape index (κ2) is 7.97. The first kappa shape index (κ1) is 19.0. The first-order valence-electron chi connectivity index (χ1n) is 9.17. The van der Waals surface area contributed by atoms with Gasteiger partial charge in [0, 0.05) is 29.6 Å². The highest BCUT2D eigenvalue weighted by molar-refractivity contribution is 8.15. The van der Waals surface area contributed by atoms with Gasteiger partial charge in [0.25, 0.3) is 0 Å². The number of fused-ring (bicyclic) bond motifs is 1. The lowest BCUT2D eigenvalue weighted by Gasteiger charge is -2.10. The summed E-state index contributed by atoms with van der Waals surface area (Å²) in [5, 5.41) is 20.0. The molecule has 4 rings (SSSR count). The number of hydrogen-bond donors (Lipinski definition) is 3. The van der Waals surface area contributed by atoms with Gasteiger partial charge in [0.1, 0.15) is 17.2 Å². The molecule has 3 heterocycles. The van der Waals surface area contributed by atoms with Crippen molar-refractivity contribution in [2.45, 2.75) is 25.3 Å². The maximum absolute atomic E-state index is 8.32. The quantitative estimate of drug-likeness (QED) is 0.521. The minimum Gasteiger partial charge on any atom is -0.365 e. The van der Waals surface area contributed by atoms with Crippen LogP contribution in [-0.2, 0) is 6.54 Å². The number of rotatable bonds is 5. The predicted octanol–water partition coefficient (Wildman–Crippen LogP) is 5.05.